The molecule has 0 saturated heterocycles. The molecule has 0 fully saturated rings. The summed E-state index contributed by atoms with van der Waals surface area (Å²) < 4.78 is 29.2. The summed E-state index contributed by atoms with van der Waals surface area (Å²) in [6.07, 6.45) is 0. The number of benzene rings is 1. The summed E-state index contributed by atoms with van der Waals surface area (Å²) >= 11 is 0. The third-order valence-electron chi connectivity index (χ3n) is 1.44. The molecule has 0 atom stereocenters. The van der Waals surface area contributed by atoms with E-state index in [1.807, 2.05) is 0 Å². The number of rotatable bonds is 2. The second-order valence-corrected chi connectivity index (χ2v) is 3.80. The summed E-state index contributed by atoms with van der Waals surface area (Å²) in [6, 6.07) is 6.09. The molecular formula is C7H9N2NaO3S. The van der Waals surface area contributed by atoms with Crippen molar-refractivity contribution in [2.45, 2.75) is 6.92 Å². The van der Waals surface area contributed by atoms with Crippen LogP contribution in [0.4, 0.5) is 5.69 Å². The van der Waals surface area contributed by atoms with Crippen LogP contribution in [-0.2, 0) is 10.3 Å². The largest absolute Gasteiger partial charge is 1.00 e. The summed E-state index contributed by atoms with van der Waals surface area (Å²) in [5.41, 5.74) is 9.76. The van der Waals surface area contributed by atoms with E-state index < -0.39 is 10.3 Å². The first-order valence-corrected chi connectivity index (χ1v) is 4.84. The van der Waals surface area contributed by atoms with E-state index in [1.54, 1.807) is 19.1 Å². The Bertz CT molecular complexity index is 449. The molecule has 0 bridgehead atoms. The van der Waals surface area contributed by atoms with Crippen LogP contribution in [0.2, 0.25) is 0 Å². The standard InChI is InChI=1S/C7H8N2O3S.Na.H/c1-6-3-2-4-7(5-6)9(8)13(10,11)12;;/h2-5H,1H3,(H,10,11,12);;/q;+1;-1. The van der Waals surface area contributed by atoms with Crippen LogP contribution in [-0.4, -0.2) is 17.1 Å². The van der Waals surface area contributed by atoms with Gasteiger partial charge in [-0.15, -0.1) is 12.5 Å². The van der Waals surface area contributed by atoms with Gasteiger partial charge in [0, 0.05) is 12.1 Å². The van der Waals surface area contributed by atoms with Crippen molar-refractivity contribution in [2.75, 3.05) is 0 Å². The minimum Gasteiger partial charge on any atom is -1.00 e. The van der Waals surface area contributed by atoms with Crippen molar-refractivity contribution in [2.24, 2.45) is 0 Å². The van der Waals surface area contributed by atoms with Gasteiger partial charge in [-0.25, -0.2) is 4.55 Å². The molecule has 0 amide bonds. The van der Waals surface area contributed by atoms with Crippen molar-refractivity contribution >= 4 is 16.0 Å². The Kier molecular flexibility index (Phi) is 4.90. The van der Waals surface area contributed by atoms with E-state index in [1.165, 1.54) is 12.1 Å². The van der Waals surface area contributed by atoms with Gasteiger partial charge in [-0.3, -0.25) is 0 Å². The molecule has 0 aromatic heterocycles. The maximum Gasteiger partial charge on any atom is 1.00 e. The molecule has 1 rings (SSSR count). The Balaban J connectivity index is 0. The first kappa shape index (κ1) is 13.7. The zero-order valence-corrected chi connectivity index (χ0v) is 10.7. The zero-order chi connectivity index (χ0) is 10.1. The van der Waals surface area contributed by atoms with Crippen LogP contribution in [0.3, 0.4) is 0 Å². The Morgan fingerprint density at radius 2 is 2.07 bits per heavy atom. The molecule has 0 aliphatic carbocycles. The van der Waals surface area contributed by atoms with E-state index in [4.69, 9.17) is 10.1 Å². The van der Waals surface area contributed by atoms with Crippen LogP contribution in [0.1, 0.15) is 6.99 Å². The van der Waals surface area contributed by atoms with Gasteiger partial charge in [0.05, 0.1) is 0 Å². The average Bonchev–Trinajstić information content (AvgIpc) is 2.01. The number of nitrogens with zero attached hydrogens (tertiary/aromatic N) is 2. The smallest absolute Gasteiger partial charge is 1.00 e. The van der Waals surface area contributed by atoms with Crippen LogP contribution in [0.25, 0.3) is 5.53 Å². The molecule has 1 aromatic rings. The molecule has 1 aromatic carbocycles. The van der Waals surface area contributed by atoms with Crippen molar-refractivity contribution in [1.29, 1.82) is 0 Å². The fourth-order valence-electron chi connectivity index (χ4n) is 0.880. The van der Waals surface area contributed by atoms with E-state index >= 15 is 0 Å². The number of aryl methyl sites for hydroxylation is 1. The van der Waals surface area contributed by atoms with Gasteiger partial charge in [0.2, 0.25) is 5.69 Å². The maximum atomic E-state index is 10.5. The van der Waals surface area contributed by atoms with E-state index in [9.17, 15) is 8.42 Å². The Morgan fingerprint density at radius 1 is 1.50 bits per heavy atom. The van der Waals surface area contributed by atoms with E-state index in [0.717, 1.165) is 5.56 Å². The molecule has 0 aliphatic rings. The summed E-state index contributed by atoms with van der Waals surface area (Å²) in [5.74, 6) is 0. The van der Waals surface area contributed by atoms with Crippen LogP contribution in [0.15, 0.2) is 24.3 Å². The van der Waals surface area contributed by atoms with Gasteiger partial charge in [0.15, 0.2) is 0 Å². The van der Waals surface area contributed by atoms with Crippen LogP contribution >= 0.6 is 0 Å². The van der Waals surface area contributed by atoms with Crippen molar-refractivity contribution in [3.05, 3.63) is 35.4 Å². The van der Waals surface area contributed by atoms with Gasteiger partial charge >= 0.3 is 39.9 Å². The predicted molar refractivity (Wildman–Crippen MR) is 47.1 cm³/mol. The Hall–Kier alpha value is -0.270. The summed E-state index contributed by atoms with van der Waals surface area (Å²) in [6.45, 7) is 1.74. The minimum atomic E-state index is -4.58. The van der Waals surface area contributed by atoms with Crippen LogP contribution < -0.4 is 29.6 Å². The van der Waals surface area contributed by atoms with Crippen molar-refractivity contribution in [3.63, 3.8) is 0 Å². The normalized spacial score (nSPS) is 10.4. The Labute approximate surface area is 106 Å². The molecule has 14 heavy (non-hydrogen) atoms. The first-order valence-electron chi connectivity index (χ1n) is 3.44. The van der Waals surface area contributed by atoms with Crippen molar-refractivity contribution < 1.29 is 48.1 Å². The summed E-state index contributed by atoms with van der Waals surface area (Å²) in [4.78, 5) is 0. The fraction of sp³-hybridized carbons (Fsp3) is 0.143. The van der Waals surface area contributed by atoms with Gasteiger partial charge in [0.25, 0.3) is 0 Å². The van der Waals surface area contributed by atoms with Gasteiger partial charge in [-0.1, -0.05) is 12.1 Å². The second-order valence-electron chi connectivity index (χ2n) is 2.56. The number of hydrogen-bond acceptors (Lipinski definition) is 2. The predicted octanol–water partition coefficient (Wildman–Crippen LogP) is -1.42. The van der Waals surface area contributed by atoms with Crippen LogP contribution in [0.5, 0.6) is 0 Å². The molecule has 0 heterocycles. The van der Waals surface area contributed by atoms with E-state index in [2.05, 4.69) is 0 Å². The quantitative estimate of drug-likeness (QED) is 0.290. The molecule has 7 heteroatoms. The Morgan fingerprint density at radius 3 is 2.50 bits per heavy atom. The molecule has 72 valence electrons. The fourth-order valence-corrected chi connectivity index (χ4v) is 1.26. The molecule has 0 saturated carbocycles. The molecule has 0 radical (unpaired) electrons. The summed E-state index contributed by atoms with van der Waals surface area (Å²) in [7, 11) is -4.58. The third kappa shape index (κ3) is 3.47. The van der Waals surface area contributed by atoms with Gasteiger partial charge < -0.3 is 6.96 Å². The minimum absolute atomic E-state index is 0. The molecular weight excluding hydrogens is 215 g/mol. The monoisotopic (exact) mass is 224 g/mol. The van der Waals surface area contributed by atoms with Gasteiger partial charge in [0.1, 0.15) is 0 Å². The van der Waals surface area contributed by atoms with Crippen molar-refractivity contribution in [1.82, 2.24) is 0 Å². The average molecular weight is 224 g/mol. The number of hydrogen-bond donors (Lipinski definition) is 1. The molecule has 0 spiro atoms. The van der Waals surface area contributed by atoms with E-state index in [0.29, 0.717) is 0 Å². The van der Waals surface area contributed by atoms with Gasteiger partial charge in [-0.05, 0) is 12.5 Å². The summed E-state index contributed by atoms with van der Waals surface area (Å²) in [5, 5.41) is 0. The van der Waals surface area contributed by atoms with Crippen LogP contribution in [0, 0.1) is 6.92 Å². The molecule has 5 nitrogen and oxygen atoms in total. The van der Waals surface area contributed by atoms with E-state index in [-0.39, 0.29) is 40.8 Å². The topological polar surface area (TPSA) is 79.7 Å². The first-order chi connectivity index (χ1) is 5.91. The maximum absolute atomic E-state index is 10.5. The second kappa shape index (κ2) is 4.99. The molecule has 0 unspecified atom stereocenters. The van der Waals surface area contributed by atoms with Gasteiger partial charge in [-0.2, -0.15) is 0 Å². The van der Waals surface area contributed by atoms with Crippen molar-refractivity contribution in [3.8, 4) is 0 Å². The molecule has 1 N–H and O–H groups in total. The zero-order valence-electron chi connectivity index (χ0n) is 8.88. The molecule has 0 aliphatic heterocycles. The SMILES string of the molecule is Cc1cccc([N+](=[N-])S(=O)(=O)O)c1.[H-].[Na+]. The third-order valence-corrected chi connectivity index (χ3v) is 2.09.